The van der Waals surface area contributed by atoms with Gasteiger partial charge in [0.25, 0.3) is 0 Å². The third-order valence-electron chi connectivity index (χ3n) is 5.66. The Morgan fingerprint density at radius 3 is 2.59 bits per heavy atom. The van der Waals surface area contributed by atoms with Crippen molar-refractivity contribution >= 4 is 23.1 Å². The molecule has 150 valence electrons. The number of hydrogen-bond acceptors (Lipinski definition) is 5. The molecule has 1 aliphatic carbocycles. The van der Waals surface area contributed by atoms with Gasteiger partial charge in [-0.1, -0.05) is 44.2 Å². The number of carbonyl (C=O) groups excluding carboxylic acids is 2. The summed E-state index contributed by atoms with van der Waals surface area (Å²) >= 11 is 1.59. The van der Waals surface area contributed by atoms with Gasteiger partial charge in [-0.15, -0.1) is 11.3 Å². The normalized spacial score (nSPS) is 21.0. The number of Topliss-reactive ketones (excluding diaryl/α,β-unsaturated/α-hetero) is 1. The van der Waals surface area contributed by atoms with Crippen LogP contribution in [0.5, 0.6) is 0 Å². The molecule has 5 heteroatoms. The fourth-order valence-corrected chi connectivity index (χ4v) is 5.42. The summed E-state index contributed by atoms with van der Waals surface area (Å²) in [6.07, 6.45) is 1.27. The zero-order valence-electron chi connectivity index (χ0n) is 17.2. The van der Waals surface area contributed by atoms with E-state index in [-0.39, 0.29) is 23.1 Å². The fraction of sp³-hybridized carbons (Fsp3) is 0.333. The van der Waals surface area contributed by atoms with Crippen LogP contribution in [0.1, 0.15) is 44.4 Å². The van der Waals surface area contributed by atoms with Crippen LogP contribution < -0.4 is 5.32 Å². The Bertz CT molecular complexity index is 1040. The summed E-state index contributed by atoms with van der Waals surface area (Å²) in [5, 5.41) is 5.44. The highest BCUT2D eigenvalue weighted by molar-refractivity contribution is 7.10. The van der Waals surface area contributed by atoms with E-state index in [1.165, 1.54) is 7.11 Å². The maximum Gasteiger partial charge on any atom is 0.336 e. The van der Waals surface area contributed by atoms with Crippen molar-refractivity contribution < 1.29 is 14.3 Å². The fourth-order valence-electron chi connectivity index (χ4n) is 4.39. The summed E-state index contributed by atoms with van der Waals surface area (Å²) in [6.45, 7) is 6.11. The number of esters is 1. The molecule has 0 saturated carbocycles. The van der Waals surface area contributed by atoms with Crippen molar-refractivity contribution in [2.45, 2.75) is 39.5 Å². The number of rotatable bonds is 3. The predicted molar refractivity (Wildman–Crippen MR) is 115 cm³/mol. The molecule has 2 aromatic rings. The van der Waals surface area contributed by atoms with Crippen molar-refractivity contribution in [1.29, 1.82) is 0 Å². The Morgan fingerprint density at radius 2 is 1.90 bits per heavy atom. The third kappa shape index (κ3) is 3.55. The molecule has 1 unspecified atom stereocenters. The van der Waals surface area contributed by atoms with E-state index in [4.69, 9.17) is 4.74 Å². The molecule has 0 fully saturated rings. The number of hydrogen-bond donors (Lipinski definition) is 1. The maximum absolute atomic E-state index is 13.2. The lowest BCUT2D eigenvalue weighted by atomic mass is 9.70. The minimum atomic E-state index is -0.390. The molecule has 4 nitrogen and oxygen atoms in total. The lowest BCUT2D eigenvalue weighted by Gasteiger charge is -2.39. The van der Waals surface area contributed by atoms with Crippen molar-refractivity contribution in [3.8, 4) is 11.1 Å². The van der Waals surface area contributed by atoms with Gasteiger partial charge in [-0.25, -0.2) is 4.79 Å². The number of benzene rings is 1. The largest absolute Gasteiger partial charge is 0.466 e. The first-order valence-corrected chi connectivity index (χ1v) is 10.6. The van der Waals surface area contributed by atoms with E-state index >= 15 is 0 Å². The number of methoxy groups -OCH3 is 1. The molecule has 29 heavy (non-hydrogen) atoms. The van der Waals surface area contributed by atoms with Crippen molar-refractivity contribution in [2.24, 2.45) is 5.41 Å². The van der Waals surface area contributed by atoms with Crippen LogP contribution in [0.25, 0.3) is 11.1 Å². The van der Waals surface area contributed by atoms with Gasteiger partial charge in [0.1, 0.15) is 0 Å². The second-order valence-corrected chi connectivity index (χ2v) is 9.47. The summed E-state index contributed by atoms with van der Waals surface area (Å²) in [4.78, 5) is 26.9. The average Bonchev–Trinajstić information content (AvgIpc) is 3.16. The minimum Gasteiger partial charge on any atom is -0.466 e. The second-order valence-electron chi connectivity index (χ2n) is 8.53. The molecule has 1 aromatic carbocycles. The Hall–Kier alpha value is -2.66. The monoisotopic (exact) mass is 407 g/mol. The molecule has 0 amide bonds. The van der Waals surface area contributed by atoms with Crippen LogP contribution in [0.15, 0.2) is 64.3 Å². The van der Waals surface area contributed by atoms with E-state index in [9.17, 15) is 9.59 Å². The van der Waals surface area contributed by atoms with Gasteiger partial charge in [-0.3, -0.25) is 4.79 Å². The first-order valence-electron chi connectivity index (χ1n) is 9.77. The van der Waals surface area contributed by atoms with Gasteiger partial charge in [0, 0.05) is 28.3 Å². The topological polar surface area (TPSA) is 55.4 Å². The van der Waals surface area contributed by atoms with Crippen LogP contribution in [0.4, 0.5) is 0 Å². The summed E-state index contributed by atoms with van der Waals surface area (Å²) in [5.74, 6) is -0.666. The summed E-state index contributed by atoms with van der Waals surface area (Å²) in [6, 6.07) is 12.2. The van der Waals surface area contributed by atoms with Gasteiger partial charge in [0.05, 0.1) is 18.6 Å². The molecule has 0 spiro atoms. The smallest absolute Gasteiger partial charge is 0.336 e. The second kappa shape index (κ2) is 7.30. The van der Waals surface area contributed by atoms with Gasteiger partial charge in [-0.2, -0.15) is 0 Å². The lowest BCUT2D eigenvalue weighted by molar-refractivity contribution is -0.136. The van der Waals surface area contributed by atoms with E-state index in [1.54, 1.807) is 11.3 Å². The van der Waals surface area contributed by atoms with Crippen LogP contribution in [0.2, 0.25) is 0 Å². The Labute approximate surface area is 175 Å². The average molecular weight is 408 g/mol. The zero-order valence-corrected chi connectivity index (χ0v) is 18.0. The summed E-state index contributed by atoms with van der Waals surface area (Å²) < 4.78 is 5.09. The van der Waals surface area contributed by atoms with E-state index in [2.05, 4.69) is 42.7 Å². The van der Waals surface area contributed by atoms with E-state index in [0.717, 1.165) is 39.4 Å². The Balaban J connectivity index is 1.85. The molecule has 2 heterocycles. The van der Waals surface area contributed by atoms with E-state index < -0.39 is 0 Å². The molecule has 4 rings (SSSR count). The maximum atomic E-state index is 13.2. The van der Waals surface area contributed by atoms with Gasteiger partial charge >= 0.3 is 5.97 Å². The molecular formula is C24H25NO3S. The number of ether oxygens (including phenoxy) is 1. The lowest BCUT2D eigenvalue weighted by Crippen LogP contribution is -2.38. The summed E-state index contributed by atoms with van der Waals surface area (Å²) in [5.41, 5.74) is 5.07. The van der Waals surface area contributed by atoms with Crippen LogP contribution in [0.3, 0.4) is 0 Å². The molecule has 1 aliphatic heterocycles. The number of carbonyl (C=O) groups is 2. The number of allylic oxidation sites excluding steroid dienone is 3. The van der Waals surface area contributed by atoms with Gasteiger partial charge in [-0.05, 0) is 41.3 Å². The van der Waals surface area contributed by atoms with Crippen molar-refractivity contribution in [1.82, 2.24) is 5.32 Å². The van der Waals surface area contributed by atoms with Crippen LogP contribution >= 0.6 is 11.3 Å². The third-order valence-corrected chi connectivity index (χ3v) is 6.65. The molecule has 0 radical (unpaired) electrons. The van der Waals surface area contributed by atoms with E-state index in [1.807, 2.05) is 25.1 Å². The molecule has 1 atom stereocenters. The Morgan fingerprint density at radius 1 is 1.17 bits per heavy atom. The van der Waals surface area contributed by atoms with Crippen LogP contribution in [-0.2, 0) is 14.3 Å². The van der Waals surface area contributed by atoms with Gasteiger partial charge in [0.2, 0.25) is 0 Å². The first kappa shape index (κ1) is 19.6. The van der Waals surface area contributed by atoms with Crippen molar-refractivity contribution in [2.75, 3.05) is 7.11 Å². The van der Waals surface area contributed by atoms with Gasteiger partial charge in [0.15, 0.2) is 5.78 Å². The number of thiophene rings is 1. The van der Waals surface area contributed by atoms with E-state index in [0.29, 0.717) is 12.0 Å². The van der Waals surface area contributed by atoms with Crippen LogP contribution in [-0.4, -0.2) is 18.9 Å². The molecule has 0 saturated heterocycles. The SMILES string of the molecule is COC(=O)C1=C(C)NC2=C(C(=O)CC(C)(C)C2)C1c1cc(-c2ccccc2)cs1. The van der Waals surface area contributed by atoms with Crippen molar-refractivity contribution in [3.05, 3.63) is 69.2 Å². The first-order chi connectivity index (χ1) is 13.8. The quantitative estimate of drug-likeness (QED) is 0.711. The molecule has 0 bridgehead atoms. The summed E-state index contributed by atoms with van der Waals surface area (Å²) in [7, 11) is 1.39. The zero-order chi connectivity index (χ0) is 20.8. The minimum absolute atomic E-state index is 0.0961. The standard InChI is InChI=1S/C24H25NO3S/c1-14-20(23(27)28-4)22(21-17(25-14)11-24(2,3)12-18(21)26)19-10-16(13-29-19)15-8-6-5-7-9-15/h5-10,13,22,25H,11-12H2,1-4H3. The van der Waals surface area contributed by atoms with Crippen molar-refractivity contribution in [3.63, 3.8) is 0 Å². The highest BCUT2D eigenvalue weighted by Gasteiger charge is 2.43. The number of dihydropyridines is 1. The molecular weight excluding hydrogens is 382 g/mol. The number of nitrogens with one attached hydrogen (secondary N) is 1. The molecule has 1 aromatic heterocycles. The predicted octanol–water partition coefficient (Wildman–Crippen LogP) is 5.19. The Kier molecular flexibility index (Phi) is 4.95. The molecule has 1 N–H and O–H groups in total. The van der Waals surface area contributed by atoms with Gasteiger partial charge < -0.3 is 10.1 Å². The highest BCUT2D eigenvalue weighted by Crippen LogP contribution is 2.48. The molecule has 2 aliphatic rings. The number of ketones is 1. The van der Waals surface area contributed by atoms with Crippen LogP contribution in [0, 0.1) is 5.41 Å². The highest BCUT2D eigenvalue weighted by atomic mass is 32.1.